The number of carbonyl (C=O) groups excluding carboxylic acids is 2. The molecule has 3 aromatic rings. The molecule has 0 aliphatic heterocycles. The summed E-state index contributed by atoms with van der Waals surface area (Å²) in [5.41, 5.74) is 5.08. The molecule has 12 heteroatoms. The van der Waals surface area contributed by atoms with Crippen LogP contribution in [0.15, 0.2) is 53.5 Å². The van der Waals surface area contributed by atoms with Crippen molar-refractivity contribution in [3.63, 3.8) is 0 Å². The zero-order chi connectivity index (χ0) is 26.4. The van der Waals surface area contributed by atoms with Gasteiger partial charge in [0.2, 0.25) is 23.7 Å². The highest BCUT2D eigenvalue weighted by atomic mass is 19.1. The smallest absolute Gasteiger partial charge is 0.295 e. The van der Waals surface area contributed by atoms with Gasteiger partial charge < -0.3 is 41.8 Å². The number of aromatic nitrogens is 1. The first-order chi connectivity index (χ1) is 17.2. The van der Waals surface area contributed by atoms with Gasteiger partial charge >= 0.3 is 0 Å². The van der Waals surface area contributed by atoms with E-state index in [4.69, 9.17) is 4.79 Å². The second-order valence-corrected chi connectivity index (χ2v) is 7.65. The Labute approximate surface area is 203 Å². The minimum Gasteiger partial charge on any atom is -0.502 e. The summed E-state index contributed by atoms with van der Waals surface area (Å²) in [4.78, 5) is 34.9. The summed E-state index contributed by atoms with van der Waals surface area (Å²) in [5.74, 6) is -4.31. The molecule has 188 valence electrons. The molecule has 4 rings (SSSR count). The zero-order valence-electron chi connectivity index (χ0n) is 18.6. The third-order valence-electron chi connectivity index (χ3n) is 5.38. The van der Waals surface area contributed by atoms with Gasteiger partial charge in [0.1, 0.15) is 5.82 Å². The fourth-order valence-corrected chi connectivity index (χ4v) is 3.67. The molecule has 0 bridgehead atoms. The largest absolute Gasteiger partial charge is 0.502 e. The highest BCUT2D eigenvalue weighted by molar-refractivity contribution is 5.95. The van der Waals surface area contributed by atoms with Crippen molar-refractivity contribution in [2.45, 2.75) is 18.6 Å². The van der Waals surface area contributed by atoms with E-state index in [1.54, 1.807) is 0 Å². The van der Waals surface area contributed by atoms with Gasteiger partial charge in [0.25, 0.3) is 11.5 Å². The Morgan fingerprint density at radius 1 is 1.11 bits per heavy atom. The molecule has 2 amide bonds. The Morgan fingerprint density at radius 3 is 2.53 bits per heavy atom. The Kier molecular flexibility index (Phi) is 7.92. The van der Waals surface area contributed by atoms with Crippen molar-refractivity contribution >= 4 is 24.2 Å². The number of aliphatic hydroxyl groups excluding tert-OH is 1. The van der Waals surface area contributed by atoms with Crippen LogP contribution in [0.1, 0.15) is 33.1 Å². The number of aromatic amines is 1. The number of halogens is 1. The second kappa shape index (κ2) is 11.1. The number of nitrogens with two attached hydrogens (primary N) is 1. The van der Waals surface area contributed by atoms with Gasteiger partial charge in [-0.05, 0) is 35.4 Å². The summed E-state index contributed by atoms with van der Waals surface area (Å²) in [7, 11) is 0. The number of aromatic hydroxyl groups is 3. The molecule has 0 radical (unpaired) electrons. The van der Waals surface area contributed by atoms with E-state index in [0.717, 1.165) is 17.2 Å². The van der Waals surface area contributed by atoms with Crippen LogP contribution in [0.4, 0.5) is 10.2 Å². The lowest BCUT2D eigenvalue weighted by molar-refractivity contribution is -0.106. The normalized spacial score (nSPS) is 16.1. The van der Waals surface area contributed by atoms with E-state index in [1.807, 2.05) is 24.3 Å². The number of benzene rings is 2. The lowest BCUT2D eigenvalue weighted by Gasteiger charge is -2.18. The summed E-state index contributed by atoms with van der Waals surface area (Å²) in [6, 6.07) is 10.5. The Morgan fingerprint density at radius 2 is 1.81 bits per heavy atom. The van der Waals surface area contributed by atoms with E-state index in [2.05, 4.69) is 21.4 Å². The van der Waals surface area contributed by atoms with Crippen molar-refractivity contribution in [2.75, 3.05) is 5.32 Å². The number of aliphatic hydroxyl groups is 1. The van der Waals surface area contributed by atoms with E-state index < -0.39 is 46.7 Å². The molecule has 9 N–H and O–H groups in total. The number of hydrogen-bond acceptors (Lipinski definition) is 8. The number of pyridine rings is 1. The van der Waals surface area contributed by atoms with Crippen molar-refractivity contribution in [3.05, 3.63) is 87.1 Å². The maximum Gasteiger partial charge on any atom is 0.295 e. The zero-order valence-corrected chi connectivity index (χ0v) is 18.6. The van der Waals surface area contributed by atoms with Gasteiger partial charge in [0.05, 0.1) is 12.1 Å². The highest BCUT2D eigenvalue weighted by Crippen LogP contribution is 2.36. The summed E-state index contributed by atoms with van der Waals surface area (Å²) < 4.78 is 14.3. The number of rotatable bonds is 5. The number of primary amides is 1. The summed E-state index contributed by atoms with van der Waals surface area (Å²) >= 11 is 0. The molecule has 0 saturated heterocycles. The lowest BCUT2D eigenvalue weighted by Crippen LogP contribution is -2.33. The molecule has 1 aliphatic carbocycles. The van der Waals surface area contributed by atoms with E-state index in [9.17, 15) is 34.4 Å². The van der Waals surface area contributed by atoms with Crippen LogP contribution >= 0.6 is 0 Å². The first-order valence-electron chi connectivity index (χ1n) is 10.5. The maximum atomic E-state index is 14.3. The average Bonchev–Trinajstić information content (AvgIpc) is 3.17. The van der Waals surface area contributed by atoms with E-state index >= 15 is 0 Å². The van der Waals surface area contributed by atoms with Crippen LogP contribution in [0.3, 0.4) is 0 Å². The Balaban J connectivity index is 0.00000115. The van der Waals surface area contributed by atoms with Crippen molar-refractivity contribution in [3.8, 4) is 17.2 Å². The maximum absolute atomic E-state index is 14.3. The van der Waals surface area contributed by atoms with Gasteiger partial charge in [-0.3, -0.25) is 14.4 Å². The quantitative estimate of drug-likeness (QED) is 0.240. The summed E-state index contributed by atoms with van der Waals surface area (Å²) in [6.45, 7) is 0. The first-order valence-corrected chi connectivity index (χ1v) is 10.5. The predicted octanol–water partition coefficient (Wildman–Crippen LogP) is 1.20. The number of amides is 2. The van der Waals surface area contributed by atoms with Crippen molar-refractivity contribution in [1.82, 2.24) is 10.3 Å². The van der Waals surface area contributed by atoms with Crippen molar-refractivity contribution < 1.29 is 34.4 Å². The topological polar surface area (TPSA) is 198 Å². The number of carbonyl (C=O) groups is 2. The number of anilines is 1. The second-order valence-electron chi connectivity index (χ2n) is 7.65. The van der Waals surface area contributed by atoms with Crippen LogP contribution in [0.2, 0.25) is 0 Å². The van der Waals surface area contributed by atoms with E-state index in [0.29, 0.717) is 6.42 Å². The molecule has 1 heterocycles. The minimum atomic E-state index is -1.04. The highest BCUT2D eigenvalue weighted by Gasteiger charge is 2.32. The number of hydrogen-bond donors (Lipinski definition) is 8. The summed E-state index contributed by atoms with van der Waals surface area (Å²) in [6.07, 6.45) is 2.31. The fourth-order valence-electron chi connectivity index (χ4n) is 3.67. The number of fused-ring (bicyclic) bond motifs is 1. The van der Waals surface area contributed by atoms with Crippen molar-refractivity contribution in [2.24, 2.45) is 5.73 Å². The van der Waals surface area contributed by atoms with Gasteiger partial charge in [0.15, 0.2) is 5.82 Å². The average molecular weight is 498 g/mol. The SMILES string of the molecule is NC=O.O=C(N[C@H]1c2ccccc2C[C@H]1O)c1ccc(F)c(/C=C/Nc2[nH]c(=O)c(O)c(O)c2O)c1. The molecule has 11 nitrogen and oxygen atoms in total. The molecule has 0 fully saturated rings. The molecule has 0 spiro atoms. The first kappa shape index (κ1) is 25.8. The third-order valence-corrected chi connectivity index (χ3v) is 5.38. The molecule has 1 aliphatic rings. The molecule has 2 atom stereocenters. The van der Waals surface area contributed by atoms with Gasteiger partial charge in [-0.1, -0.05) is 24.3 Å². The number of nitrogens with one attached hydrogen (secondary N) is 3. The van der Waals surface area contributed by atoms with Crippen LogP contribution in [0.5, 0.6) is 17.2 Å². The van der Waals surface area contributed by atoms with Crippen LogP contribution in [-0.4, -0.2) is 43.8 Å². The molecular weight excluding hydrogens is 475 g/mol. The number of H-pyrrole nitrogens is 1. The van der Waals surface area contributed by atoms with Crippen LogP contribution in [0.25, 0.3) is 6.08 Å². The van der Waals surface area contributed by atoms with Gasteiger partial charge in [-0.15, -0.1) is 0 Å². The van der Waals surface area contributed by atoms with Gasteiger partial charge in [-0.25, -0.2) is 4.39 Å². The molecule has 0 unspecified atom stereocenters. The molecule has 2 aromatic carbocycles. The van der Waals surface area contributed by atoms with E-state index in [1.165, 1.54) is 24.4 Å². The lowest BCUT2D eigenvalue weighted by atomic mass is 10.1. The van der Waals surface area contributed by atoms with Gasteiger partial charge in [-0.2, -0.15) is 0 Å². The fraction of sp³-hybridized carbons (Fsp3) is 0.125. The van der Waals surface area contributed by atoms with Crippen LogP contribution < -0.4 is 21.9 Å². The standard InChI is InChI=1S/C23H20FN3O6.CH3NO/c24-15-6-5-13(22(32)26-17-14-4-2-1-3-11(14)10-16(17)28)9-12(15)7-8-25-21-19(30)18(29)20(31)23(33)27-21;2-1-3/h1-9,16-17,28,30-31H,10H2,(H,26,32)(H3,25,27,29,33);1H,(H2,2,3)/b8-7+;/t16-,17+;/m1./s1. The monoisotopic (exact) mass is 498 g/mol. The van der Waals surface area contributed by atoms with Crippen LogP contribution in [0, 0.1) is 5.82 Å². The van der Waals surface area contributed by atoms with Crippen molar-refractivity contribution in [1.29, 1.82) is 0 Å². The summed E-state index contributed by atoms with van der Waals surface area (Å²) in [5, 5.41) is 44.2. The Bertz CT molecular complexity index is 1370. The van der Waals surface area contributed by atoms with Gasteiger partial charge in [0, 0.05) is 23.7 Å². The van der Waals surface area contributed by atoms with Crippen LogP contribution in [-0.2, 0) is 11.2 Å². The molecule has 1 aromatic heterocycles. The molecular formula is C24H23FN4O7. The Hall–Kier alpha value is -4.84. The molecule has 36 heavy (non-hydrogen) atoms. The van der Waals surface area contributed by atoms with E-state index in [-0.39, 0.29) is 23.4 Å². The molecule has 0 saturated carbocycles. The predicted molar refractivity (Wildman–Crippen MR) is 128 cm³/mol. The minimum absolute atomic E-state index is 0.0207. The third kappa shape index (κ3) is 5.45.